The number of rotatable bonds is 6. The Labute approximate surface area is 134 Å². The second-order valence-electron chi connectivity index (χ2n) is 6.42. The molecule has 0 amide bonds. The van der Waals surface area contributed by atoms with Gasteiger partial charge < -0.3 is 9.73 Å². The molecule has 0 spiro atoms. The number of hydrogen-bond donors (Lipinski definition) is 1. The minimum atomic E-state index is -3.14. The zero-order valence-corrected chi connectivity index (χ0v) is 14.8. The van der Waals surface area contributed by atoms with E-state index in [4.69, 9.17) is 4.42 Å². The summed E-state index contributed by atoms with van der Waals surface area (Å²) in [6.45, 7) is 9.59. The van der Waals surface area contributed by atoms with Gasteiger partial charge in [0, 0.05) is 19.1 Å². The van der Waals surface area contributed by atoms with Crippen molar-refractivity contribution in [2.24, 2.45) is 5.92 Å². The molecule has 0 saturated carbocycles. The second kappa shape index (κ2) is 7.15. The summed E-state index contributed by atoms with van der Waals surface area (Å²) in [5.41, 5.74) is 1.15. The zero-order valence-electron chi connectivity index (χ0n) is 14.0. The lowest BCUT2D eigenvalue weighted by atomic mass is 9.91. The van der Waals surface area contributed by atoms with Gasteiger partial charge in [0.15, 0.2) is 0 Å². The minimum absolute atomic E-state index is 0.341. The van der Waals surface area contributed by atoms with Crippen LogP contribution in [0.25, 0.3) is 0 Å². The van der Waals surface area contributed by atoms with Crippen molar-refractivity contribution in [1.82, 2.24) is 9.62 Å². The molecule has 2 heterocycles. The molecule has 6 heteroatoms. The predicted molar refractivity (Wildman–Crippen MR) is 88.1 cm³/mol. The maximum absolute atomic E-state index is 12.3. The van der Waals surface area contributed by atoms with Crippen LogP contribution in [-0.4, -0.2) is 37.1 Å². The Kier molecular flexibility index (Phi) is 5.69. The van der Waals surface area contributed by atoms with Crippen molar-refractivity contribution < 1.29 is 12.8 Å². The quantitative estimate of drug-likeness (QED) is 0.871. The molecule has 1 fully saturated rings. The Morgan fingerprint density at radius 1 is 1.45 bits per heavy atom. The number of furan rings is 1. The highest BCUT2D eigenvalue weighted by Gasteiger charge is 2.35. The molecule has 1 aromatic heterocycles. The van der Waals surface area contributed by atoms with E-state index in [1.165, 1.54) is 0 Å². The third kappa shape index (κ3) is 3.73. The fraction of sp³-hybridized carbons (Fsp3) is 0.750. The topological polar surface area (TPSA) is 62.6 Å². The molecular weight excluding hydrogens is 300 g/mol. The molecule has 1 aromatic rings. The van der Waals surface area contributed by atoms with E-state index in [2.05, 4.69) is 12.2 Å². The minimum Gasteiger partial charge on any atom is -0.468 e. The van der Waals surface area contributed by atoms with E-state index in [-0.39, 0.29) is 5.25 Å². The van der Waals surface area contributed by atoms with Gasteiger partial charge in [0.1, 0.15) is 5.76 Å². The Bertz CT molecular complexity index is 580. The lowest BCUT2D eigenvalue weighted by Gasteiger charge is -2.38. The Morgan fingerprint density at radius 3 is 2.73 bits per heavy atom. The molecule has 0 unspecified atom stereocenters. The summed E-state index contributed by atoms with van der Waals surface area (Å²) < 4.78 is 31.8. The molecule has 1 aliphatic heterocycles. The molecule has 1 saturated heterocycles. The van der Waals surface area contributed by atoms with Gasteiger partial charge in [-0.1, -0.05) is 13.3 Å². The lowest BCUT2D eigenvalue weighted by molar-refractivity contribution is 0.197. The highest BCUT2D eigenvalue weighted by molar-refractivity contribution is 7.89. The van der Waals surface area contributed by atoms with Crippen LogP contribution in [0.15, 0.2) is 16.7 Å². The van der Waals surface area contributed by atoms with Crippen LogP contribution in [0.3, 0.4) is 0 Å². The van der Waals surface area contributed by atoms with Gasteiger partial charge in [-0.05, 0) is 44.7 Å². The van der Waals surface area contributed by atoms with Crippen LogP contribution in [0.1, 0.15) is 44.9 Å². The van der Waals surface area contributed by atoms with E-state index in [1.54, 1.807) is 24.4 Å². The molecule has 1 N–H and O–H groups in total. The van der Waals surface area contributed by atoms with E-state index in [1.807, 2.05) is 13.0 Å². The molecule has 5 nitrogen and oxygen atoms in total. The van der Waals surface area contributed by atoms with Crippen molar-refractivity contribution in [3.63, 3.8) is 0 Å². The molecule has 2 rings (SSSR count). The van der Waals surface area contributed by atoms with Crippen LogP contribution >= 0.6 is 0 Å². The Hall–Kier alpha value is -0.850. The van der Waals surface area contributed by atoms with E-state index in [0.29, 0.717) is 31.6 Å². The van der Waals surface area contributed by atoms with E-state index >= 15 is 0 Å². The van der Waals surface area contributed by atoms with Gasteiger partial charge in [-0.25, -0.2) is 12.7 Å². The van der Waals surface area contributed by atoms with Crippen LogP contribution in [-0.2, 0) is 16.6 Å². The van der Waals surface area contributed by atoms with Crippen molar-refractivity contribution in [3.8, 4) is 0 Å². The highest BCUT2D eigenvalue weighted by Crippen LogP contribution is 2.24. The first-order valence-corrected chi connectivity index (χ1v) is 9.61. The molecule has 0 bridgehead atoms. The van der Waals surface area contributed by atoms with Gasteiger partial charge in [-0.3, -0.25) is 0 Å². The van der Waals surface area contributed by atoms with Crippen molar-refractivity contribution in [3.05, 3.63) is 23.7 Å². The first kappa shape index (κ1) is 17.5. The number of aryl methyl sites for hydroxylation is 1. The van der Waals surface area contributed by atoms with Gasteiger partial charge in [-0.15, -0.1) is 0 Å². The maximum atomic E-state index is 12.3. The average Bonchev–Trinajstić information content (AvgIpc) is 2.90. The number of nitrogens with one attached hydrogen (secondary N) is 1. The second-order valence-corrected chi connectivity index (χ2v) is 8.91. The van der Waals surface area contributed by atoms with E-state index in [0.717, 1.165) is 24.2 Å². The van der Waals surface area contributed by atoms with E-state index in [9.17, 15) is 8.42 Å². The third-order valence-corrected chi connectivity index (χ3v) is 6.91. The van der Waals surface area contributed by atoms with Gasteiger partial charge >= 0.3 is 0 Å². The Morgan fingerprint density at radius 2 is 2.18 bits per heavy atom. The standard InChI is InChI=1S/C16H28N2O3S/c1-5-14-11-18(22(19,20)12(2)3)8-6-15(14)17-10-16-13(4)7-9-21-16/h7,9,12,14-15,17H,5-6,8,10-11H2,1-4H3/t14-,15+/m1/s1. The summed E-state index contributed by atoms with van der Waals surface area (Å²) in [6, 6.07) is 2.31. The van der Waals surface area contributed by atoms with Gasteiger partial charge in [0.05, 0.1) is 18.1 Å². The molecule has 22 heavy (non-hydrogen) atoms. The molecule has 0 radical (unpaired) electrons. The number of nitrogens with zero attached hydrogens (tertiary/aromatic N) is 1. The fourth-order valence-electron chi connectivity index (χ4n) is 3.02. The maximum Gasteiger partial charge on any atom is 0.216 e. The molecule has 1 aliphatic rings. The smallest absolute Gasteiger partial charge is 0.216 e. The number of piperidine rings is 1. The lowest BCUT2D eigenvalue weighted by Crippen LogP contribution is -2.51. The van der Waals surface area contributed by atoms with Crippen LogP contribution in [0.5, 0.6) is 0 Å². The summed E-state index contributed by atoms with van der Waals surface area (Å²) in [6.07, 6.45) is 3.53. The van der Waals surface area contributed by atoms with Gasteiger partial charge in [-0.2, -0.15) is 0 Å². The van der Waals surface area contributed by atoms with Crippen molar-refractivity contribution in [2.45, 2.75) is 58.4 Å². The fourth-order valence-corrected chi connectivity index (χ4v) is 4.37. The van der Waals surface area contributed by atoms with Crippen LogP contribution in [0.4, 0.5) is 0 Å². The van der Waals surface area contributed by atoms with Crippen molar-refractivity contribution in [1.29, 1.82) is 0 Å². The average molecular weight is 328 g/mol. The van der Waals surface area contributed by atoms with Crippen molar-refractivity contribution in [2.75, 3.05) is 13.1 Å². The summed E-state index contributed by atoms with van der Waals surface area (Å²) >= 11 is 0. The summed E-state index contributed by atoms with van der Waals surface area (Å²) in [4.78, 5) is 0. The van der Waals surface area contributed by atoms with Gasteiger partial charge in [0.2, 0.25) is 10.0 Å². The van der Waals surface area contributed by atoms with Crippen LogP contribution in [0.2, 0.25) is 0 Å². The van der Waals surface area contributed by atoms with Crippen molar-refractivity contribution >= 4 is 10.0 Å². The first-order valence-electron chi connectivity index (χ1n) is 8.11. The Balaban J connectivity index is 1.97. The molecule has 2 atom stereocenters. The molecule has 0 aromatic carbocycles. The number of hydrogen-bond acceptors (Lipinski definition) is 4. The summed E-state index contributed by atoms with van der Waals surface area (Å²) in [5, 5.41) is 3.20. The summed E-state index contributed by atoms with van der Waals surface area (Å²) in [7, 11) is -3.14. The van der Waals surface area contributed by atoms with Crippen LogP contribution < -0.4 is 5.32 Å². The molecule has 0 aliphatic carbocycles. The monoisotopic (exact) mass is 328 g/mol. The molecule has 126 valence electrons. The molecular formula is C16H28N2O3S. The SMILES string of the molecule is CC[C@@H]1CN(S(=O)(=O)C(C)C)CC[C@@H]1NCc1occc1C. The first-order chi connectivity index (χ1) is 10.4. The van der Waals surface area contributed by atoms with Crippen LogP contribution in [0, 0.1) is 12.8 Å². The van der Waals surface area contributed by atoms with E-state index < -0.39 is 10.0 Å². The zero-order chi connectivity index (χ0) is 16.3. The summed E-state index contributed by atoms with van der Waals surface area (Å²) in [5.74, 6) is 1.31. The predicted octanol–water partition coefficient (Wildman–Crippen LogP) is 2.52. The van der Waals surface area contributed by atoms with Gasteiger partial charge in [0.25, 0.3) is 0 Å². The highest BCUT2D eigenvalue weighted by atomic mass is 32.2. The third-order valence-electron chi connectivity index (χ3n) is 4.67. The number of sulfonamides is 1. The normalized spacial score (nSPS) is 24.0. The largest absolute Gasteiger partial charge is 0.468 e.